The SMILES string of the molecule is CNC(=O)C(CC(C)C)NCc1ccc(Br)cn1. The lowest BCUT2D eigenvalue weighted by atomic mass is 10.0. The zero-order valence-electron chi connectivity index (χ0n) is 11.0. The van der Waals surface area contributed by atoms with Crippen LogP contribution in [0, 0.1) is 5.92 Å². The molecule has 0 aromatic carbocycles. The van der Waals surface area contributed by atoms with E-state index in [1.165, 1.54) is 0 Å². The molecule has 1 unspecified atom stereocenters. The van der Waals surface area contributed by atoms with Crippen LogP contribution < -0.4 is 10.6 Å². The Morgan fingerprint density at radius 3 is 2.67 bits per heavy atom. The molecule has 0 radical (unpaired) electrons. The maximum absolute atomic E-state index is 11.7. The Morgan fingerprint density at radius 2 is 2.17 bits per heavy atom. The van der Waals surface area contributed by atoms with Gasteiger partial charge in [0.15, 0.2) is 0 Å². The van der Waals surface area contributed by atoms with Crippen LogP contribution >= 0.6 is 15.9 Å². The summed E-state index contributed by atoms with van der Waals surface area (Å²) in [6.45, 7) is 4.81. The van der Waals surface area contributed by atoms with Crippen molar-refractivity contribution in [1.29, 1.82) is 0 Å². The van der Waals surface area contributed by atoms with Gasteiger partial charge >= 0.3 is 0 Å². The number of likely N-dealkylation sites (N-methyl/N-ethyl adjacent to an activating group) is 1. The molecular weight excluding hydrogens is 294 g/mol. The first kappa shape index (κ1) is 15.1. The van der Waals surface area contributed by atoms with Crippen LogP contribution in [-0.4, -0.2) is 24.0 Å². The maximum Gasteiger partial charge on any atom is 0.236 e. The van der Waals surface area contributed by atoms with Crippen LogP contribution in [0.15, 0.2) is 22.8 Å². The Hall–Kier alpha value is -0.940. The van der Waals surface area contributed by atoms with E-state index in [1.54, 1.807) is 13.2 Å². The van der Waals surface area contributed by atoms with Crippen LogP contribution in [0.4, 0.5) is 0 Å². The molecule has 0 bridgehead atoms. The van der Waals surface area contributed by atoms with E-state index in [2.05, 4.69) is 45.4 Å². The van der Waals surface area contributed by atoms with Crippen LogP contribution in [0.1, 0.15) is 26.0 Å². The highest BCUT2D eigenvalue weighted by Gasteiger charge is 2.17. The van der Waals surface area contributed by atoms with Gasteiger partial charge in [-0.15, -0.1) is 0 Å². The second kappa shape index (κ2) is 7.48. The Morgan fingerprint density at radius 1 is 1.44 bits per heavy atom. The molecule has 1 aromatic rings. The Balaban J connectivity index is 2.55. The first-order valence-corrected chi connectivity index (χ1v) is 6.87. The van der Waals surface area contributed by atoms with Crippen molar-refractivity contribution < 1.29 is 4.79 Å². The van der Waals surface area contributed by atoms with E-state index >= 15 is 0 Å². The summed E-state index contributed by atoms with van der Waals surface area (Å²) in [6, 6.07) is 3.72. The zero-order chi connectivity index (χ0) is 13.5. The van der Waals surface area contributed by atoms with E-state index in [0.717, 1.165) is 16.6 Å². The van der Waals surface area contributed by atoms with E-state index in [9.17, 15) is 4.79 Å². The minimum atomic E-state index is -0.166. The van der Waals surface area contributed by atoms with Gasteiger partial charge < -0.3 is 10.6 Å². The fourth-order valence-corrected chi connectivity index (χ4v) is 1.90. The van der Waals surface area contributed by atoms with Crippen molar-refractivity contribution in [3.63, 3.8) is 0 Å². The van der Waals surface area contributed by atoms with Gasteiger partial charge in [-0.3, -0.25) is 9.78 Å². The second-order valence-corrected chi connectivity index (χ2v) is 5.56. The third-order valence-electron chi connectivity index (χ3n) is 2.59. The predicted octanol–water partition coefficient (Wildman–Crippen LogP) is 2.09. The zero-order valence-corrected chi connectivity index (χ0v) is 12.6. The highest BCUT2D eigenvalue weighted by atomic mass is 79.9. The molecule has 18 heavy (non-hydrogen) atoms. The maximum atomic E-state index is 11.7. The standard InChI is InChI=1S/C13H20BrN3O/c1-9(2)6-12(13(18)15-3)17-8-11-5-4-10(14)7-16-11/h4-5,7,9,12,17H,6,8H2,1-3H3,(H,15,18). The highest BCUT2D eigenvalue weighted by Crippen LogP contribution is 2.09. The first-order valence-electron chi connectivity index (χ1n) is 6.08. The van der Waals surface area contributed by atoms with Gasteiger partial charge in [0.2, 0.25) is 5.91 Å². The molecule has 2 N–H and O–H groups in total. The van der Waals surface area contributed by atoms with Crippen LogP contribution in [0.2, 0.25) is 0 Å². The fourth-order valence-electron chi connectivity index (χ4n) is 1.67. The largest absolute Gasteiger partial charge is 0.358 e. The van der Waals surface area contributed by atoms with Crippen molar-refractivity contribution in [3.05, 3.63) is 28.5 Å². The van der Waals surface area contributed by atoms with Crippen LogP contribution in [0.3, 0.4) is 0 Å². The summed E-state index contributed by atoms with van der Waals surface area (Å²) in [6.07, 6.45) is 2.57. The van der Waals surface area contributed by atoms with E-state index < -0.39 is 0 Å². The summed E-state index contributed by atoms with van der Waals surface area (Å²) in [5, 5.41) is 5.93. The third kappa shape index (κ3) is 5.14. The molecule has 0 saturated heterocycles. The minimum Gasteiger partial charge on any atom is -0.358 e. The normalized spacial score (nSPS) is 12.5. The van der Waals surface area contributed by atoms with Gasteiger partial charge in [0.1, 0.15) is 0 Å². The molecule has 0 spiro atoms. The molecule has 1 aromatic heterocycles. The molecule has 1 atom stereocenters. The number of hydrogen-bond acceptors (Lipinski definition) is 3. The van der Waals surface area contributed by atoms with Gasteiger partial charge in [0, 0.05) is 24.3 Å². The number of rotatable bonds is 6. The van der Waals surface area contributed by atoms with E-state index in [-0.39, 0.29) is 11.9 Å². The van der Waals surface area contributed by atoms with Crippen molar-refractivity contribution >= 4 is 21.8 Å². The van der Waals surface area contributed by atoms with Crippen LogP contribution in [0.25, 0.3) is 0 Å². The summed E-state index contributed by atoms with van der Waals surface area (Å²) in [5.74, 6) is 0.499. The summed E-state index contributed by atoms with van der Waals surface area (Å²) in [5.41, 5.74) is 0.927. The molecule has 5 heteroatoms. The number of pyridine rings is 1. The predicted molar refractivity (Wildman–Crippen MR) is 76.1 cm³/mol. The lowest BCUT2D eigenvalue weighted by Crippen LogP contribution is -2.43. The number of aromatic nitrogens is 1. The average molecular weight is 314 g/mol. The van der Waals surface area contributed by atoms with Crippen molar-refractivity contribution in [2.45, 2.75) is 32.9 Å². The number of nitrogens with zero attached hydrogens (tertiary/aromatic N) is 1. The van der Waals surface area contributed by atoms with Crippen LogP contribution in [0.5, 0.6) is 0 Å². The number of nitrogens with one attached hydrogen (secondary N) is 2. The second-order valence-electron chi connectivity index (χ2n) is 4.65. The van der Waals surface area contributed by atoms with Gasteiger partial charge in [-0.1, -0.05) is 13.8 Å². The van der Waals surface area contributed by atoms with Gasteiger partial charge in [-0.25, -0.2) is 0 Å². The molecule has 100 valence electrons. The number of carbonyl (C=O) groups excluding carboxylic acids is 1. The Labute approximate surface area is 117 Å². The fraction of sp³-hybridized carbons (Fsp3) is 0.538. The molecule has 1 heterocycles. The number of amides is 1. The summed E-state index contributed by atoms with van der Waals surface area (Å²) in [7, 11) is 1.66. The van der Waals surface area contributed by atoms with Crippen molar-refractivity contribution in [3.8, 4) is 0 Å². The average Bonchev–Trinajstić information content (AvgIpc) is 2.35. The number of hydrogen-bond donors (Lipinski definition) is 2. The topological polar surface area (TPSA) is 54.0 Å². The molecule has 1 rings (SSSR count). The molecular formula is C13H20BrN3O. The van der Waals surface area contributed by atoms with E-state index in [4.69, 9.17) is 0 Å². The molecule has 0 aliphatic rings. The monoisotopic (exact) mass is 313 g/mol. The summed E-state index contributed by atoms with van der Waals surface area (Å²) >= 11 is 3.35. The molecule has 0 saturated carbocycles. The lowest BCUT2D eigenvalue weighted by Gasteiger charge is -2.18. The van der Waals surface area contributed by atoms with E-state index in [0.29, 0.717) is 12.5 Å². The van der Waals surface area contributed by atoms with Crippen molar-refractivity contribution in [1.82, 2.24) is 15.6 Å². The third-order valence-corrected chi connectivity index (χ3v) is 3.06. The lowest BCUT2D eigenvalue weighted by molar-refractivity contribution is -0.123. The molecule has 1 amide bonds. The summed E-state index contributed by atoms with van der Waals surface area (Å²) < 4.78 is 0.955. The first-order chi connectivity index (χ1) is 8.52. The Bertz CT molecular complexity index is 378. The van der Waals surface area contributed by atoms with Crippen molar-refractivity contribution in [2.24, 2.45) is 5.92 Å². The summed E-state index contributed by atoms with van der Waals surface area (Å²) in [4.78, 5) is 16.0. The van der Waals surface area contributed by atoms with Gasteiger partial charge in [-0.05, 0) is 40.4 Å². The highest BCUT2D eigenvalue weighted by molar-refractivity contribution is 9.10. The smallest absolute Gasteiger partial charge is 0.236 e. The van der Waals surface area contributed by atoms with Gasteiger partial charge in [0.25, 0.3) is 0 Å². The quantitative estimate of drug-likeness (QED) is 0.845. The van der Waals surface area contributed by atoms with Gasteiger partial charge in [0.05, 0.1) is 11.7 Å². The van der Waals surface area contributed by atoms with Crippen molar-refractivity contribution in [2.75, 3.05) is 7.05 Å². The Kier molecular flexibility index (Phi) is 6.29. The molecule has 0 fully saturated rings. The number of halogens is 1. The molecule has 4 nitrogen and oxygen atoms in total. The van der Waals surface area contributed by atoms with Gasteiger partial charge in [-0.2, -0.15) is 0 Å². The number of carbonyl (C=O) groups is 1. The molecule has 0 aliphatic heterocycles. The van der Waals surface area contributed by atoms with E-state index in [1.807, 2.05) is 12.1 Å². The molecule has 0 aliphatic carbocycles. The van der Waals surface area contributed by atoms with Crippen LogP contribution in [-0.2, 0) is 11.3 Å². The minimum absolute atomic E-state index is 0.0285.